The van der Waals surface area contributed by atoms with Gasteiger partial charge in [-0.25, -0.2) is 0 Å². The van der Waals surface area contributed by atoms with Gasteiger partial charge in [-0.2, -0.15) is 0 Å². The van der Waals surface area contributed by atoms with Crippen LogP contribution in [0.3, 0.4) is 0 Å². The highest BCUT2D eigenvalue weighted by Gasteiger charge is 2.15. The molecule has 0 aliphatic rings. The first kappa shape index (κ1) is 19.7. The Hall–Kier alpha value is -0.330. The van der Waals surface area contributed by atoms with Gasteiger partial charge in [0.25, 0.3) is 0 Å². The summed E-state index contributed by atoms with van der Waals surface area (Å²) in [6.07, 6.45) is 0. The SMILES string of the molecule is COc1ccc(I)c(B(O)O)c1.OB(O)c1ccccc1I. The van der Waals surface area contributed by atoms with Gasteiger partial charge in [0, 0.05) is 7.14 Å². The summed E-state index contributed by atoms with van der Waals surface area (Å²) < 4.78 is 6.61. The van der Waals surface area contributed by atoms with Crippen molar-refractivity contribution in [2.75, 3.05) is 7.11 Å². The minimum atomic E-state index is -1.44. The van der Waals surface area contributed by atoms with Crippen molar-refractivity contribution in [1.29, 1.82) is 0 Å². The summed E-state index contributed by atoms with van der Waals surface area (Å²) >= 11 is 4.09. The van der Waals surface area contributed by atoms with Crippen LogP contribution in [0.15, 0.2) is 42.5 Å². The molecule has 0 saturated carbocycles. The molecule has 116 valence electrons. The largest absolute Gasteiger partial charge is 0.497 e. The van der Waals surface area contributed by atoms with E-state index >= 15 is 0 Å². The molecule has 0 saturated heterocycles. The lowest BCUT2D eigenvalue weighted by atomic mass is 9.80. The van der Waals surface area contributed by atoms with Crippen molar-refractivity contribution in [3.8, 4) is 5.75 Å². The quantitative estimate of drug-likeness (QED) is 0.334. The molecule has 0 amide bonds. The van der Waals surface area contributed by atoms with Crippen molar-refractivity contribution in [2.45, 2.75) is 0 Å². The first-order valence-corrected chi connectivity index (χ1v) is 8.32. The topological polar surface area (TPSA) is 90.2 Å². The number of hydrogen-bond donors (Lipinski definition) is 4. The van der Waals surface area contributed by atoms with Gasteiger partial charge in [0.15, 0.2) is 0 Å². The maximum atomic E-state index is 8.92. The van der Waals surface area contributed by atoms with E-state index in [0.29, 0.717) is 16.7 Å². The van der Waals surface area contributed by atoms with Gasteiger partial charge in [-0.15, -0.1) is 0 Å². The maximum absolute atomic E-state index is 8.92. The Morgan fingerprint density at radius 2 is 1.36 bits per heavy atom. The summed E-state index contributed by atoms with van der Waals surface area (Å²) in [6.45, 7) is 0. The first-order valence-electron chi connectivity index (χ1n) is 6.17. The zero-order valence-corrected chi connectivity index (χ0v) is 16.0. The molecule has 0 atom stereocenters. The Morgan fingerprint density at radius 3 is 1.82 bits per heavy atom. The van der Waals surface area contributed by atoms with Crippen molar-refractivity contribution in [3.63, 3.8) is 0 Å². The molecule has 0 aliphatic carbocycles. The highest BCUT2D eigenvalue weighted by Crippen LogP contribution is 2.11. The second kappa shape index (κ2) is 9.73. The van der Waals surface area contributed by atoms with Gasteiger partial charge in [0.2, 0.25) is 0 Å². The fraction of sp³-hybridized carbons (Fsp3) is 0.0769. The molecule has 4 N–H and O–H groups in total. The molecular formula is C13H14B2I2O5. The Labute approximate surface area is 156 Å². The summed E-state index contributed by atoms with van der Waals surface area (Å²) in [5, 5.41) is 35.3. The second-order valence-corrected chi connectivity index (χ2v) is 6.48. The number of ether oxygens (including phenoxy) is 1. The molecule has 0 heterocycles. The van der Waals surface area contributed by atoms with Gasteiger partial charge >= 0.3 is 14.2 Å². The van der Waals surface area contributed by atoms with E-state index in [1.54, 1.807) is 30.3 Å². The fourth-order valence-corrected chi connectivity index (χ4v) is 2.81. The third-order valence-corrected chi connectivity index (χ3v) is 4.63. The second-order valence-electron chi connectivity index (χ2n) is 4.16. The number of hydrogen-bond acceptors (Lipinski definition) is 5. The van der Waals surface area contributed by atoms with Gasteiger partial charge < -0.3 is 24.8 Å². The maximum Gasteiger partial charge on any atom is 0.489 e. The highest BCUT2D eigenvalue weighted by atomic mass is 127. The van der Waals surface area contributed by atoms with E-state index in [4.69, 9.17) is 24.8 Å². The molecule has 9 heteroatoms. The van der Waals surface area contributed by atoms with Crippen LogP contribution in [0.1, 0.15) is 0 Å². The molecule has 0 spiro atoms. The lowest BCUT2D eigenvalue weighted by molar-refractivity contribution is 0.412. The third-order valence-electron chi connectivity index (χ3n) is 2.66. The molecule has 0 fully saturated rings. The van der Waals surface area contributed by atoms with Crippen LogP contribution in [-0.4, -0.2) is 41.4 Å². The third kappa shape index (κ3) is 6.05. The summed E-state index contributed by atoms with van der Waals surface area (Å²) in [4.78, 5) is 0. The molecule has 2 aromatic rings. The molecule has 0 unspecified atom stereocenters. The van der Waals surface area contributed by atoms with Gasteiger partial charge in [-0.05, 0) is 80.4 Å². The van der Waals surface area contributed by atoms with E-state index in [1.165, 1.54) is 7.11 Å². The Kier molecular flexibility index (Phi) is 8.72. The van der Waals surface area contributed by atoms with Crippen molar-refractivity contribution >= 4 is 70.3 Å². The molecule has 2 rings (SSSR count). The standard InChI is InChI=1S/C7H8BIO3.C6H6BIO2/c1-12-5-2-3-7(9)6(4-5)8(10)11;8-6-4-2-1-3-5(6)7(9)10/h2-4,10-11H,1H3;1-4,9-10H. The molecule has 0 bridgehead atoms. The Balaban J connectivity index is 0.000000224. The van der Waals surface area contributed by atoms with Crippen LogP contribution in [0.2, 0.25) is 0 Å². The van der Waals surface area contributed by atoms with E-state index in [-0.39, 0.29) is 0 Å². The fourth-order valence-electron chi connectivity index (χ4n) is 1.53. The van der Waals surface area contributed by atoms with Crippen molar-refractivity contribution < 1.29 is 24.8 Å². The predicted molar refractivity (Wildman–Crippen MR) is 105 cm³/mol. The number of halogens is 2. The zero-order chi connectivity index (χ0) is 16.7. The normalized spacial score (nSPS) is 9.59. The van der Waals surface area contributed by atoms with Crippen molar-refractivity contribution in [3.05, 3.63) is 49.6 Å². The van der Waals surface area contributed by atoms with E-state index in [9.17, 15) is 0 Å². The number of benzene rings is 2. The van der Waals surface area contributed by atoms with Crippen LogP contribution < -0.4 is 15.7 Å². The molecule has 0 aliphatic heterocycles. The zero-order valence-electron chi connectivity index (χ0n) is 11.6. The average molecular weight is 526 g/mol. The minimum absolute atomic E-state index is 0.468. The van der Waals surface area contributed by atoms with Gasteiger partial charge in [0.1, 0.15) is 5.75 Å². The Morgan fingerprint density at radius 1 is 0.818 bits per heavy atom. The molecule has 0 aromatic heterocycles. The minimum Gasteiger partial charge on any atom is -0.497 e. The molecule has 2 aromatic carbocycles. The number of methoxy groups -OCH3 is 1. The molecule has 22 heavy (non-hydrogen) atoms. The smallest absolute Gasteiger partial charge is 0.489 e. The monoisotopic (exact) mass is 526 g/mol. The number of rotatable bonds is 3. The van der Waals surface area contributed by atoms with E-state index < -0.39 is 14.2 Å². The lowest BCUT2D eigenvalue weighted by Gasteiger charge is -2.05. The summed E-state index contributed by atoms with van der Waals surface area (Å²) in [5.74, 6) is 0.624. The van der Waals surface area contributed by atoms with Gasteiger partial charge in [0.05, 0.1) is 7.11 Å². The van der Waals surface area contributed by atoms with Gasteiger partial charge in [-0.3, -0.25) is 0 Å². The van der Waals surface area contributed by atoms with Crippen LogP contribution in [0.4, 0.5) is 0 Å². The van der Waals surface area contributed by atoms with Crippen LogP contribution in [0.5, 0.6) is 5.75 Å². The van der Waals surface area contributed by atoms with E-state index in [0.717, 1.165) is 7.14 Å². The van der Waals surface area contributed by atoms with Crippen LogP contribution in [0.25, 0.3) is 0 Å². The lowest BCUT2D eigenvalue weighted by Crippen LogP contribution is -2.32. The first-order chi connectivity index (χ1) is 10.4. The van der Waals surface area contributed by atoms with E-state index in [2.05, 4.69) is 22.6 Å². The summed E-state index contributed by atoms with van der Waals surface area (Å²) in [5.41, 5.74) is 1.03. The van der Waals surface area contributed by atoms with Crippen LogP contribution in [0, 0.1) is 7.14 Å². The van der Waals surface area contributed by atoms with E-state index in [1.807, 2.05) is 34.7 Å². The summed E-state index contributed by atoms with van der Waals surface area (Å²) in [7, 11) is -1.25. The van der Waals surface area contributed by atoms with Crippen LogP contribution >= 0.6 is 45.2 Å². The van der Waals surface area contributed by atoms with Gasteiger partial charge in [-0.1, -0.05) is 18.2 Å². The Bertz CT molecular complexity index is 611. The predicted octanol–water partition coefficient (Wildman–Crippen LogP) is -0.0494. The van der Waals surface area contributed by atoms with Crippen molar-refractivity contribution in [2.24, 2.45) is 0 Å². The van der Waals surface area contributed by atoms with Crippen molar-refractivity contribution in [1.82, 2.24) is 0 Å². The molecule has 5 nitrogen and oxygen atoms in total. The molecular weight excluding hydrogens is 512 g/mol. The molecule has 0 radical (unpaired) electrons. The average Bonchev–Trinajstić information content (AvgIpc) is 2.48. The summed E-state index contributed by atoms with van der Waals surface area (Å²) in [6, 6.07) is 12.3. The van der Waals surface area contributed by atoms with Crippen LogP contribution in [-0.2, 0) is 0 Å². The highest BCUT2D eigenvalue weighted by molar-refractivity contribution is 14.1.